The van der Waals surface area contributed by atoms with Crippen molar-refractivity contribution in [2.24, 2.45) is 0 Å². The minimum Gasteiger partial charge on any atom is -0.493 e. The molecule has 26 heavy (non-hydrogen) atoms. The van der Waals surface area contributed by atoms with Gasteiger partial charge in [0.15, 0.2) is 21.3 Å². The van der Waals surface area contributed by atoms with E-state index in [-0.39, 0.29) is 16.8 Å². The average molecular weight is 377 g/mol. The molecule has 0 spiro atoms. The maximum absolute atomic E-state index is 12.6. The second-order valence-electron chi connectivity index (χ2n) is 5.85. The van der Waals surface area contributed by atoms with E-state index in [2.05, 4.69) is 5.32 Å². The van der Waals surface area contributed by atoms with Gasteiger partial charge in [0.1, 0.15) is 0 Å². The number of rotatable bonds is 7. The Balaban J connectivity index is 2.20. The van der Waals surface area contributed by atoms with Gasteiger partial charge in [0, 0.05) is 11.8 Å². The number of nitrogens with one attached hydrogen (secondary N) is 1. The number of amides is 1. The third-order valence-electron chi connectivity index (χ3n) is 4.07. The molecule has 0 aliphatic rings. The lowest BCUT2D eigenvalue weighted by molar-refractivity contribution is 0.0935. The first kappa shape index (κ1) is 19.8. The molecule has 0 saturated heterocycles. The third kappa shape index (κ3) is 4.54. The van der Waals surface area contributed by atoms with Crippen LogP contribution in [0, 0.1) is 0 Å². The molecule has 0 unspecified atom stereocenters. The topological polar surface area (TPSA) is 81.7 Å². The standard InChI is InChI=1S/C19H23NO5S/c1-5-16(13-6-9-15(10-7-13)26(4,22)23)20-19(21)14-8-11-17(24-2)18(12-14)25-3/h6-12,16H,5H2,1-4H3,(H,20,21)/t16-/m0/s1. The summed E-state index contributed by atoms with van der Waals surface area (Å²) in [5.41, 5.74) is 1.29. The van der Waals surface area contributed by atoms with Crippen LogP contribution in [-0.4, -0.2) is 34.8 Å². The number of sulfone groups is 1. The van der Waals surface area contributed by atoms with Crippen LogP contribution in [0.5, 0.6) is 11.5 Å². The van der Waals surface area contributed by atoms with Gasteiger partial charge < -0.3 is 14.8 Å². The number of ether oxygens (including phenoxy) is 2. The minimum absolute atomic E-state index is 0.232. The summed E-state index contributed by atoms with van der Waals surface area (Å²) in [6, 6.07) is 11.3. The summed E-state index contributed by atoms with van der Waals surface area (Å²) in [5.74, 6) is 0.781. The van der Waals surface area contributed by atoms with Crippen molar-refractivity contribution in [2.45, 2.75) is 24.3 Å². The Hall–Kier alpha value is -2.54. The predicted octanol–water partition coefficient (Wildman–Crippen LogP) is 2.99. The monoisotopic (exact) mass is 377 g/mol. The number of benzene rings is 2. The van der Waals surface area contributed by atoms with Crippen LogP contribution >= 0.6 is 0 Å². The van der Waals surface area contributed by atoms with Gasteiger partial charge in [-0.15, -0.1) is 0 Å². The average Bonchev–Trinajstić information content (AvgIpc) is 2.64. The Bertz CT molecular complexity index is 875. The zero-order chi connectivity index (χ0) is 19.3. The van der Waals surface area contributed by atoms with E-state index in [1.165, 1.54) is 14.2 Å². The number of methoxy groups -OCH3 is 2. The van der Waals surface area contributed by atoms with Gasteiger partial charge in [-0.05, 0) is 42.3 Å². The molecule has 2 aromatic rings. The van der Waals surface area contributed by atoms with Gasteiger partial charge in [-0.25, -0.2) is 8.42 Å². The van der Waals surface area contributed by atoms with Crippen molar-refractivity contribution in [1.29, 1.82) is 0 Å². The highest BCUT2D eigenvalue weighted by molar-refractivity contribution is 7.90. The van der Waals surface area contributed by atoms with Crippen LogP contribution in [0.1, 0.15) is 35.3 Å². The molecule has 6 nitrogen and oxygen atoms in total. The highest BCUT2D eigenvalue weighted by Gasteiger charge is 2.17. The predicted molar refractivity (Wildman–Crippen MR) is 99.6 cm³/mol. The second-order valence-corrected chi connectivity index (χ2v) is 7.86. The SMILES string of the molecule is CC[C@H](NC(=O)c1ccc(OC)c(OC)c1)c1ccc(S(C)(=O)=O)cc1. The summed E-state index contributed by atoms with van der Waals surface area (Å²) in [7, 11) is -0.201. The largest absolute Gasteiger partial charge is 0.493 e. The van der Waals surface area contributed by atoms with E-state index in [0.29, 0.717) is 23.5 Å². The summed E-state index contributed by atoms with van der Waals surface area (Å²) in [6.07, 6.45) is 1.83. The fourth-order valence-electron chi connectivity index (χ4n) is 2.59. The smallest absolute Gasteiger partial charge is 0.251 e. The van der Waals surface area contributed by atoms with E-state index < -0.39 is 9.84 Å². The van der Waals surface area contributed by atoms with E-state index in [1.54, 1.807) is 42.5 Å². The summed E-state index contributed by atoms with van der Waals surface area (Å²) < 4.78 is 33.5. The number of hydrogen-bond donors (Lipinski definition) is 1. The van der Waals surface area contributed by atoms with Gasteiger partial charge in [0.05, 0.1) is 25.2 Å². The number of hydrogen-bond acceptors (Lipinski definition) is 5. The Labute approximate surface area is 154 Å². The molecule has 0 heterocycles. The van der Waals surface area contributed by atoms with Gasteiger partial charge in [0.2, 0.25) is 0 Å². The van der Waals surface area contributed by atoms with Crippen molar-refractivity contribution in [1.82, 2.24) is 5.32 Å². The van der Waals surface area contributed by atoms with Gasteiger partial charge in [-0.2, -0.15) is 0 Å². The zero-order valence-electron chi connectivity index (χ0n) is 15.3. The van der Waals surface area contributed by atoms with Gasteiger partial charge >= 0.3 is 0 Å². The van der Waals surface area contributed by atoms with Crippen LogP contribution in [0.4, 0.5) is 0 Å². The lowest BCUT2D eigenvalue weighted by Gasteiger charge is -2.18. The van der Waals surface area contributed by atoms with Crippen LogP contribution in [0.25, 0.3) is 0 Å². The Morgan fingerprint density at radius 1 is 1.04 bits per heavy atom. The molecule has 0 aliphatic carbocycles. The molecule has 0 bridgehead atoms. The molecular formula is C19H23NO5S. The Kier molecular flexibility index (Phi) is 6.26. The second kappa shape index (κ2) is 8.23. The van der Waals surface area contributed by atoms with Crippen molar-refractivity contribution in [3.8, 4) is 11.5 Å². The third-order valence-corrected chi connectivity index (χ3v) is 5.20. The first-order valence-electron chi connectivity index (χ1n) is 8.13. The Morgan fingerprint density at radius 3 is 2.15 bits per heavy atom. The van der Waals surface area contributed by atoms with Crippen LogP contribution in [-0.2, 0) is 9.84 Å². The lowest BCUT2D eigenvalue weighted by atomic mass is 10.0. The molecule has 2 aromatic carbocycles. The van der Waals surface area contributed by atoms with Gasteiger partial charge in [-0.3, -0.25) is 4.79 Å². The van der Waals surface area contributed by atoms with E-state index in [4.69, 9.17) is 9.47 Å². The van der Waals surface area contributed by atoms with E-state index in [1.807, 2.05) is 6.92 Å². The molecule has 0 radical (unpaired) electrons. The van der Waals surface area contributed by atoms with Crippen molar-refractivity contribution in [3.63, 3.8) is 0 Å². The summed E-state index contributed by atoms with van der Waals surface area (Å²) in [5, 5.41) is 2.96. The summed E-state index contributed by atoms with van der Waals surface area (Å²) >= 11 is 0. The fourth-order valence-corrected chi connectivity index (χ4v) is 3.22. The van der Waals surface area contributed by atoms with Crippen LogP contribution in [0.3, 0.4) is 0 Å². The van der Waals surface area contributed by atoms with Crippen LogP contribution < -0.4 is 14.8 Å². The summed E-state index contributed by atoms with van der Waals surface area (Å²) in [4.78, 5) is 12.8. The van der Waals surface area contributed by atoms with E-state index >= 15 is 0 Å². The van der Waals surface area contributed by atoms with E-state index in [0.717, 1.165) is 11.8 Å². The molecule has 2 rings (SSSR count). The Morgan fingerprint density at radius 2 is 1.65 bits per heavy atom. The molecule has 0 fully saturated rings. The highest BCUT2D eigenvalue weighted by atomic mass is 32.2. The molecule has 0 aliphatic heterocycles. The van der Waals surface area contributed by atoms with Gasteiger partial charge in [-0.1, -0.05) is 19.1 Å². The molecule has 140 valence electrons. The maximum Gasteiger partial charge on any atom is 0.251 e. The molecule has 1 amide bonds. The van der Waals surface area contributed by atoms with E-state index in [9.17, 15) is 13.2 Å². The molecule has 1 atom stereocenters. The molecule has 1 N–H and O–H groups in total. The molecular weight excluding hydrogens is 354 g/mol. The zero-order valence-corrected chi connectivity index (χ0v) is 16.1. The molecule has 0 saturated carbocycles. The number of carbonyl (C=O) groups is 1. The van der Waals surface area contributed by atoms with Crippen molar-refractivity contribution in [3.05, 3.63) is 53.6 Å². The number of carbonyl (C=O) groups excluding carboxylic acids is 1. The maximum atomic E-state index is 12.6. The normalized spacial score (nSPS) is 12.3. The molecule has 7 heteroatoms. The quantitative estimate of drug-likeness (QED) is 0.802. The highest BCUT2D eigenvalue weighted by Crippen LogP contribution is 2.28. The van der Waals surface area contributed by atoms with Crippen molar-refractivity contribution >= 4 is 15.7 Å². The molecule has 0 aromatic heterocycles. The fraction of sp³-hybridized carbons (Fsp3) is 0.316. The first-order valence-corrected chi connectivity index (χ1v) is 10.0. The minimum atomic E-state index is -3.25. The van der Waals surface area contributed by atoms with Crippen molar-refractivity contribution < 1.29 is 22.7 Å². The summed E-state index contributed by atoms with van der Waals surface area (Å²) in [6.45, 7) is 1.95. The van der Waals surface area contributed by atoms with Gasteiger partial charge in [0.25, 0.3) is 5.91 Å². The van der Waals surface area contributed by atoms with Crippen molar-refractivity contribution in [2.75, 3.05) is 20.5 Å². The lowest BCUT2D eigenvalue weighted by Crippen LogP contribution is -2.28. The van der Waals surface area contributed by atoms with Crippen LogP contribution in [0.2, 0.25) is 0 Å². The first-order chi connectivity index (χ1) is 12.3. The van der Waals surface area contributed by atoms with Crippen LogP contribution in [0.15, 0.2) is 47.4 Å².